The first kappa shape index (κ1) is 32.7. The number of rotatable bonds is 7. The van der Waals surface area contributed by atoms with Crippen LogP contribution in [-0.2, 0) is 9.59 Å². The van der Waals surface area contributed by atoms with E-state index in [1.807, 2.05) is 39.5 Å². The molecule has 2 atom stereocenters. The Hall–Kier alpha value is -4.71. The second-order valence-corrected chi connectivity index (χ2v) is 12.0. The Balaban J connectivity index is 1.81. The summed E-state index contributed by atoms with van der Waals surface area (Å²) < 4.78 is 27.8. The van der Waals surface area contributed by atoms with Crippen molar-refractivity contribution in [1.82, 2.24) is 24.4 Å². The molecule has 0 radical (unpaired) electrons. The van der Waals surface area contributed by atoms with Crippen molar-refractivity contribution >= 4 is 46.0 Å². The Morgan fingerprint density at radius 1 is 1.11 bits per heavy atom. The molecule has 3 aromatic heterocycles. The molecule has 4 heterocycles. The number of aromatic nitrogens is 4. The lowest BCUT2D eigenvalue weighted by Gasteiger charge is -2.44. The minimum Gasteiger partial charge on any atom is -0.349 e. The van der Waals surface area contributed by atoms with Gasteiger partial charge in [-0.3, -0.25) is 14.6 Å². The minimum atomic E-state index is -3.23. The van der Waals surface area contributed by atoms with Crippen LogP contribution in [0.15, 0.2) is 60.0 Å². The Morgan fingerprint density at radius 3 is 2.50 bits per heavy atom. The molecule has 1 N–H and O–H groups in total. The van der Waals surface area contributed by atoms with Crippen LogP contribution >= 0.6 is 11.6 Å². The zero-order chi connectivity index (χ0) is 33.4. The summed E-state index contributed by atoms with van der Waals surface area (Å²) in [5, 5.41) is 2.85. The Bertz CT molecular complexity index is 1910. The summed E-state index contributed by atoms with van der Waals surface area (Å²) in [6.45, 7) is 14.0. The molecule has 1 aromatic carbocycles. The number of amides is 2. The van der Waals surface area contributed by atoms with Crippen molar-refractivity contribution in [3.05, 3.63) is 82.0 Å². The fourth-order valence-corrected chi connectivity index (χ4v) is 6.08. The summed E-state index contributed by atoms with van der Waals surface area (Å²) in [6.07, 6.45) is -0.279. The van der Waals surface area contributed by atoms with E-state index >= 15 is 0 Å². The molecule has 46 heavy (non-hydrogen) atoms. The zero-order valence-corrected chi connectivity index (χ0v) is 26.8. The molecule has 0 aliphatic carbocycles. The van der Waals surface area contributed by atoms with Crippen molar-refractivity contribution < 1.29 is 18.4 Å². The first-order valence-corrected chi connectivity index (χ1v) is 15.2. The number of piperazine rings is 1. The van der Waals surface area contributed by atoms with Crippen LogP contribution in [0.4, 0.5) is 20.3 Å². The molecule has 1 fully saturated rings. The van der Waals surface area contributed by atoms with Crippen LogP contribution in [0.1, 0.15) is 44.9 Å². The number of anilines is 2. The number of pyridine rings is 2. The Labute approximate surface area is 269 Å². The van der Waals surface area contributed by atoms with E-state index in [0.717, 1.165) is 5.56 Å². The lowest BCUT2D eigenvalue weighted by molar-refractivity contribution is -0.129. The molecule has 4 aromatic rings. The van der Waals surface area contributed by atoms with Crippen molar-refractivity contribution in [3.8, 4) is 16.9 Å². The highest BCUT2D eigenvalue weighted by Crippen LogP contribution is 2.38. The first-order chi connectivity index (χ1) is 21.8. The molecule has 240 valence electrons. The number of carbonyl (C=O) groups is 2. The number of para-hydroxylation sites is 1. The van der Waals surface area contributed by atoms with Crippen molar-refractivity contribution in [3.63, 3.8) is 0 Å². The second kappa shape index (κ2) is 13.0. The van der Waals surface area contributed by atoms with E-state index in [0.29, 0.717) is 35.7 Å². The van der Waals surface area contributed by atoms with Gasteiger partial charge in [-0.15, -0.1) is 0 Å². The molecule has 13 heteroatoms. The average Bonchev–Trinajstić information content (AvgIpc) is 3.01. The number of fused-ring (bicyclic) bond motifs is 1. The lowest BCUT2D eigenvalue weighted by atomic mass is 10.0. The quantitative estimate of drug-likeness (QED) is 0.254. The monoisotopic (exact) mass is 649 g/mol. The smallest absolute Gasteiger partial charge is 0.349 e. The highest BCUT2D eigenvalue weighted by Gasteiger charge is 2.34. The number of carbonyl (C=O) groups excluding carboxylic acids is 2. The Morgan fingerprint density at radius 2 is 1.83 bits per heavy atom. The predicted octanol–water partition coefficient (Wildman–Crippen LogP) is 5.74. The SMILES string of the molecule is C=CC(=O)N1C[C@H](C)N(c2nc(=O)n(-c3c(C)ccnc3C(C)C)c3nc(-c4ccccc4NC(=O)C(F)F)c(Cl)cc23)C[C@H]1C. The van der Waals surface area contributed by atoms with Crippen LogP contribution < -0.4 is 15.9 Å². The van der Waals surface area contributed by atoms with Gasteiger partial charge in [-0.25, -0.2) is 14.3 Å². The molecular weight excluding hydrogens is 616 g/mol. The summed E-state index contributed by atoms with van der Waals surface area (Å²) >= 11 is 6.89. The number of hydrogen-bond donors (Lipinski definition) is 1. The number of nitrogens with zero attached hydrogens (tertiary/aromatic N) is 6. The third-order valence-corrected chi connectivity index (χ3v) is 8.37. The molecule has 1 saturated heterocycles. The maximum Gasteiger partial charge on any atom is 0.355 e. The van der Waals surface area contributed by atoms with Gasteiger partial charge in [-0.2, -0.15) is 13.8 Å². The average molecular weight is 650 g/mol. The van der Waals surface area contributed by atoms with Gasteiger partial charge in [-0.1, -0.05) is 50.2 Å². The van der Waals surface area contributed by atoms with E-state index < -0.39 is 18.0 Å². The number of aryl methyl sites for hydroxylation is 1. The van der Waals surface area contributed by atoms with Gasteiger partial charge in [0.15, 0.2) is 5.65 Å². The molecule has 10 nitrogen and oxygen atoms in total. The van der Waals surface area contributed by atoms with Crippen molar-refractivity contribution in [1.29, 1.82) is 0 Å². The van der Waals surface area contributed by atoms with Crippen LogP contribution in [-0.4, -0.2) is 67.8 Å². The van der Waals surface area contributed by atoms with Gasteiger partial charge in [0.05, 0.1) is 33.2 Å². The third kappa shape index (κ3) is 5.96. The highest BCUT2D eigenvalue weighted by molar-refractivity contribution is 6.34. The van der Waals surface area contributed by atoms with Crippen LogP contribution in [0.3, 0.4) is 0 Å². The standard InChI is InChI=1S/C33H34ClF2N7O3/c1-7-25(44)41-15-20(6)42(16-19(41)5)30-22-14-23(34)27(21-10-8-9-11-24(21)38-32(45)29(35)36)39-31(22)43(33(46)40-30)28-18(4)12-13-37-26(28)17(2)3/h7-14,17,19-20,29H,1,15-16H2,2-6H3,(H,38,45)/t19-,20+/m1/s1. The molecule has 1 aliphatic rings. The number of halogens is 3. The van der Waals surface area contributed by atoms with E-state index in [4.69, 9.17) is 16.6 Å². The third-order valence-electron chi connectivity index (χ3n) is 8.08. The number of alkyl halides is 2. The largest absolute Gasteiger partial charge is 0.355 e. The summed E-state index contributed by atoms with van der Waals surface area (Å²) in [4.78, 5) is 56.4. The van der Waals surface area contributed by atoms with Gasteiger partial charge in [0.25, 0.3) is 5.91 Å². The predicted molar refractivity (Wildman–Crippen MR) is 175 cm³/mol. The van der Waals surface area contributed by atoms with Crippen LogP contribution in [0.2, 0.25) is 5.02 Å². The normalized spacial score (nSPS) is 16.7. The molecule has 1 aliphatic heterocycles. The van der Waals surface area contributed by atoms with Gasteiger partial charge >= 0.3 is 12.1 Å². The van der Waals surface area contributed by atoms with E-state index in [1.165, 1.54) is 16.7 Å². The van der Waals surface area contributed by atoms with E-state index in [1.54, 1.807) is 41.4 Å². The van der Waals surface area contributed by atoms with Crippen molar-refractivity contribution in [2.24, 2.45) is 0 Å². The molecule has 0 spiro atoms. The highest BCUT2D eigenvalue weighted by atomic mass is 35.5. The van der Waals surface area contributed by atoms with Crippen molar-refractivity contribution in [2.75, 3.05) is 23.3 Å². The van der Waals surface area contributed by atoms with Crippen molar-refractivity contribution in [2.45, 2.75) is 59.0 Å². The van der Waals surface area contributed by atoms with E-state index in [-0.39, 0.29) is 51.5 Å². The van der Waals surface area contributed by atoms with E-state index in [9.17, 15) is 23.2 Å². The lowest BCUT2D eigenvalue weighted by Crippen LogP contribution is -2.58. The topological polar surface area (TPSA) is 113 Å². The summed E-state index contributed by atoms with van der Waals surface area (Å²) in [7, 11) is 0. The van der Waals surface area contributed by atoms with Crippen LogP contribution in [0.5, 0.6) is 0 Å². The van der Waals surface area contributed by atoms with Gasteiger partial charge in [0.1, 0.15) is 5.82 Å². The van der Waals surface area contributed by atoms with Crippen LogP contribution in [0.25, 0.3) is 28.0 Å². The number of nitrogens with one attached hydrogen (secondary N) is 1. The minimum absolute atomic E-state index is 0.0649. The fraction of sp³-hybridized carbons (Fsp3) is 0.333. The Kier molecular flexibility index (Phi) is 9.20. The van der Waals surface area contributed by atoms with Gasteiger partial charge in [-0.05, 0) is 56.5 Å². The van der Waals surface area contributed by atoms with E-state index in [2.05, 4.69) is 21.9 Å². The molecule has 0 saturated carbocycles. The number of benzene rings is 1. The van der Waals surface area contributed by atoms with Crippen LogP contribution in [0, 0.1) is 6.92 Å². The van der Waals surface area contributed by atoms with Gasteiger partial charge in [0, 0.05) is 36.9 Å². The summed E-state index contributed by atoms with van der Waals surface area (Å²) in [5.41, 5.74) is 2.07. The maximum atomic E-state index is 14.2. The summed E-state index contributed by atoms with van der Waals surface area (Å²) in [5.74, 6) is -1.39. The molecule has 5 rings (SSSR count). The summed E-state index contributed by atoms with van der Waals surface area (Å²) in [6, 6.07) is 9.30. The molecule has 2 amide bonds. The van der Waals surface area contributed by atoms with Gasteiger partial charge in [0.2, 0.25) is 5.91 Å². The maximum absolute atomic E-state index is 14.2. The molecular formula is C33H34ClF2N7O3. The fourth-order valence-electron chi connectivity index (χ4n) is 5.83. The number of hydrogen-bond acceptors (Lipinski definition) is 7. The molecule has 0 bridgehead atoms. The second-order valence-electron chi connectivity index (χ2n) is 11.6. The molecule has 0 unspecified atom stereocenters. The van der Waals surface area contributed by atoms with Gasteiger partial charge < -0.3 is 15.1 Å². The zero-order valence-electron chi connectivity index (χ0n) is 26.1. The first-order valence-electron chi connectivity index (χ1n) is 14.8.